The molecule has 0 aliphatic carbocycles. The van der Waals surface area contributed by atoms with Gasteiger partial charge in [0.15, 0.2) is 6.54 Å². The summed E-state index contributed by atoms with van der Waals surface area (Å²) in [5.41, 5.74) is 0. The second-order valence-electron chi connectivity index (χ2n) is 5.49. The standard InChI is InChI=1S/C16H21N3O4S/c1-3-8-17-16(20)13-18-9-11-19(12-10-18)24(21,22)15-6-4-14(23-2)5-7-15/h1,4-7H,8-13H2,2H3,(H,17,20)/p+1. The minimum Gasteiger partial charge on any atom is -0.497 e. The highest BCUT2D eigenvalue weighted by Crippen LogP contribution is 2.19. The number of amides is 1. The summed E-state index contributed by atoms with van der Waals surface area (Å²) in [4.78, 5) is 13.0. The molecule has 8 heteroatoms. The van der Waals surface area contributed by atoms with Crippen LogP contribution in [0.5, 0.6) is 5.75 Å². The minimum atomic E-state index is -3.52. The van der Waals surface area contributed by atoms with Crippen LogP contribution in [0.3, 0.4) is 0 Å². The van der Waals surface area contributed by atoms with Crippen LogP contribution in [0.4, 0.5) is 0 Å². The van der Waals surface area contributed by atoms with Crippen LogP contribution in [0.2, 0.25) is 0 Å². The number of rotatable bonds is 6. The van der Waals surface area contributed by atoms with E-state index in [1.807, 2.05) is 0 Å². The van der Waals surface area contributed by atoms with Crippen LogP contribution in [0.15, 0.2) is 29.2 Å². The number of ether oxygens (including phenoxy) is 1. The Bertz CT molecular complexity index is 702. The number of hydrogen-bond donors (Lipinski definition) is 2. The number of terminal acetylenes is 1. The quantitative estimate of drug-likeness (QED) is 0.600. The van der Waals surface area contributed by atoms with Gasteiger partial charge in [0.25, 0.3) is 5.91 Å². The van der Waals surface area contributed by atoms with Crippen LogP contribution >= 0.6 is 0 Å². The molecular formula is C16H22N3O4S+. The SMILES string of the molecule is C#CCNC(=O)C[NH+]1CCN(S(=O)(=O)c2ccc(OC)cc2)CC1. The molecule has 0 spiro atoms. The summed E-state index contributed by atoms with van der Waals surface area (Å²) in [5.74, 6) is 2.85. The van der Waals surface area contributed by atoms with Gasteiger partial charge in [-0.2, -0.15) is 4.31 Å². The number of piperazine rings is 1. The lowest BCUT2D eigenvalue weighted by Gasteiger charge is -2.31. The normalized spacial score (nSPS) is 16.3. The third-order valence-electron chi connectivity index (χ3n) is 3.92. The first-order valence-electron chi connectivity index (χ1n) is 7.65. The molecule has 0 aromatic heterocycles. The molecule has 0 bridgehead atoms. The third-order valence-corrected chi connectivity index (χ3v) is 5.84. The molecule has 1 fully saturated rings. The fourth-order valence-electron chi connectivity index (χ4n) is 2.56. The van der Waals surface area contributed by atoms with Gasteiger partial charge in [0.2, 0.25) is 10.0 Å². The zero-order chi connectivity index (χ0) is 17.6. The van der Waals surface area contributed by atoms with Gasteiger partial charge in [-0.1, -0.05) is 5.92 Å². The number of nitrogens with one attached hydrogen (secondary N) is 2. The maximum absolute atomic E-state index is 12.6. The second kappa shape index (κ2) is 8.15. The van der Waals surface area contributed by atoms with E-state index in [0.29, 0.717) is 38.5 Å². The Morgan fingerprint density at radius 2 is 1.96 bits per heavy atom. The first-order valence-corrected chi connectivity index (χ1v) is 9.09. The van der Waals surface area contributed by atoms with Crippen molar-refractivity contribution in [1.29, 1.82) is 0 Å². The zero-order valence-electron chi connectivity index (χ0n) is 13.6. The Labute approximate surface area is 142 Å². The molecule has 0 atom stereocenters. The summed E-state index contributed by atoms with van der Waals surface area (Å²) in [6.07, 6.45) is 5.10. The number of sulfonamides is 1. The van der Waals surface area contributed by atoms with E-state index >= 15 is 0 Å². The van der Waals surface area contributed by atoms with Gasteiger partial charge in [0, 0.05) is 0 Å². The van der Waals surface area contributed by atoms with Gasteiger partial charge < -0.3 is 15.0 Å². The molecule has 2 N–H and O–H groups in total. The van der Waals surface area contributed by atoms with E-state index in [0.717, 1.165) is 4.90 Å². The molecule has 130 valence electrons. The van der Waals surface area contributed by atoms with Gasteiger partial charge in [-0.3, -0.25) is 4.79 Å². The summed E-state index contributed by atoms with van der Waals surface area (Å²) in [7, 11) is -1.98. The molecule has 0 unspecified atom stereocenters. The maximum Gasteiger partial charge on any atom is 0.275 e. The number of nitrogens with zero attached hydrogens (tertiary/aromatic N) is 1. The Hall–Kier alpha value is -2.08. The van der Waals surface area contributed by atoms with Gasteiger partial charge in [-0.15, -0.1) is 6.42 Å². The molecule has 1 amide bonds. The van der Waals surface area contributed by atoms with Crippen LogP contribution in [-0.4, -0.2) is 65.0 Å². The molecule has 1 aliphatic rings. The first kappa shape index (κ1) is 18.3. The average Bonchev–Trinajstić information content (AvgIpc) is 2.60. The lowest BCUT2D eigenvalue weighted by atomic mass is 10.3. The largest absolute Gasteiger partial charge is 0.497 e. The monoisotopic (exact) mass is 352 g/mol. The van der Waals surface area contributed by atoms with Crippen LogP contribution in [0.25, 0.3) is 0 Å². The van der Waals surface area contributed by atoms with Crippen molar-refractivity contribution in [3.8, 4) is 18.1 Å². The summed E-state index contributed by atoms with van der Waals surface area (Å²) >= 11 is 0. The molecule has 1 aromatic carbocycles. The Morgan fingerprint density at radius 3 is 2.50 bits per heavy atom. The van der Waals surface area contributed by atoms with Crippen molar-refractivity contribution in [3.63, 3.8) is 0 Å². The predicted octanol–water partition coefficient (Wildman–Crippen LogP) is -1.67. The number of hydrogen-bond acceptors (Lipinski definition) is 4. The van der Waals surface area contributed by atoms with Gasteiger partial charge in [0.1, 0.15) is 5.75 Å². The lowest BCUT2D eigenvalue weighted by molar-refractivity contribution is -0.895. The molecule has 0 saturated carbocycles. The van der Waals surface area contributed by atoms with Crippen LogP contribution in [-0.2, 0) is 14.8 Å². The number of benzene rings is 1. The van der Waals surface area contributed by atoms with E-state index in [9.17, 15) is 13.2 Å². The zero-order valence-corrected chi connectivity index (χ0v) is 14.4. The second-order valence-corrected chi connectivity index (χ2v) is 7.43. The molecule has 0 radical (unpaired) electrons. The highest BCUT2D eigenvalue weighted by atomic mass is 32.2. The number of carbonyl (C=O) groups is 1. The summed E-state index contributed by atoms with van der Waals surface area (Å²) in [6.45, 7) is 2.44. The maximum atomic E-state index is 12.6. The van der Waals surface area contributed by atoms with Crippen molar-refractivity contribution in [2.75, 3.05) is 46.4 Å². The molecule has 1 aromatic rings. The molecule has 7 nitrogen and oxygen atoms in total. The third kappa shape index (κ3) is 4.47. The highest BCUT2D eigenvalue weighted by Gasteiger charge is 2.31. The first-order chi connectivity index (χ1) is 11.5. The van der Waals surface area contributed by atoms with Crippen LogP contribution in [0, 0.1) is 12.3 Å². The fourth-order valence-corrected chi connectivity index (χ4v) is 4.00. The van der Waals surface area contributed by atoms with Gasteiger partial charge in [-0.25, -0.2) is 8.42 Å². The van der Waals surface area contributed by atoms with E-state index in [-0.39, 0.29) is 17.3 Å². The van der Waals surface area contributed by atoms with Gasteiger partial charge in [-0.05, 0) is 24.3 Å². The average molecular weight is 352 g/mol. The Balaban J connectivity index is 1.93. The number of methoxy groups -OCH3 is 1. The number of quaternary nitrogens is 1. The number of carbonyl (C=O) groups excluding carboxylic acids is 1. The van der Waals surface area contributed by atoms with Crippen molar-refractivity contribution in [1.82, 2.24) is 9.62 Å². The van der Waals surface area contributed by atoms with Crippen LogP contribution < -0.4 is 15.0 Å². The summed E-state index contributed by atoms with van der Waals surface area (Å²) in [6, 6.07) is 6.34. The van der Waals surface area contributed by atoms with Crippen molar-refractivity contribution in [3.05, 3.63) is 24.3 Å². The molecular weight excluding hydrogens is 330 g/mol. The van der Waals surface area contributed by atoms with Crippen molar-refractivity contribution in [2.45, 2.75) is 4.90 Å². The summed E-state index contributed by atoms with van der Waals surface area (Å²) < 4.78 is 31.8. The van der Waals surface area contributed by atoms with Crippen molar-refractivity contribution < 1.29 is 22.8 Å². The Morgan fingerprint density at radius 1 is 1.33 bits per heavy atom. The fraction of sp³-hybridized carbons (Fsp3) is 0.438. The molecule has 1 saturated heterocycles. The Kier molecular flexibility index (Phi) is 6.20. The predicted molar refractivity (Wildman–Crippen MR) is 89.2 cm³/mol. The molecule has 24 heavy (non-hydrogen) atoms. The minimum absolute atomic E-state index is 0.116. The van der Waals surface area contributed by atoms with Crippen molar-refractivity contribution >= 4 is 15.9 Å². The van der Waals surface area contributed by atoms with Crippen molar-refractivity contribution in [2.24, 2.45) is 0 Å². The summed E-state index contributed by atoms with van der Waals surface area (Å²) in [5, 5.41) is 2.62. The van der Waals surface area contributed by atoms with E-state index in [1.54, 1.807) is 24.3 Å². The smallest absolute Gasteiger partial charge is 0.275 e. The van der Waals surface area contributed by atoms with Gasteiger partial charge in [0.05, 0.1) is 44.7 Å². The van der Waals surface area contributed by atoms with Gasteiger partial charge >= 0.3 is 0 Å². The van der Waals surface area contributed by atoms with E-state index in [1.165, 1.54) is 11.4 Å². The van der Waals surface area contributed by atoms with E-state index in [2.05, 4.69) is 11.2 Å². The van der Waals surface area contributed by atoms with E-state index < -0.39 is 10.0 Å². The molecule has 2 rings (SSSR count). The molecule has 1 heterocycles. The topological polar surface area (TPSA) is 80.2 Å². The lowest BCUT2D eigenvalue weighted by Crippen LogP contribution is -3.15. The van der Waals surface area contributed by atoms with Crippen LogP contribution in [0.1, 0.15) is 0 Å². The highest BCUT2D eigenvalue weighted by molar-refractivity contribution is 7.89. The van der Waals surface area contributed by atoms with E-state index in [4.69, 9.17) is 11.2 Å². The molecule has 1 aliphatic heterocycles.